The lowest BCUT2D eigenvalue weighted by atomic mass is 10.3. The summed E-state index contributed by atoms with van der Waals surface area (Å²) in [7, 11) is 0. The Balaban J connectivity index is 1.48. The summed E-state index contributed by atoms with van der Waals surface area (Å²) in [5.41, 5.74) is 1.27. The number of carbonyl (C=O) groups is 2. The number of rotatable bonds is 5. The van der Waals surface area contributed by atoms with Gasteiger partial charge < -0.3 is 14.6 Å². The Kier molecular flexibility index (Phi) is 3.85. The average molecular weight is 287 g/mol. The van der Waals surface area contributed by atoms with Crippen molar-refractivity contribution in [2.45, 2.75) is 19.3 Å². The van der Waals surface area contributed by atoms with E-state index in [9.17, 15) is 9.59 Å². The predicted octanol–water partition coefficient (Wildman–Crippen LogP) is 1.57. The highest BCUT2D eigenvalue weighted by molar-refractivity contribution is 5.95. The van der Waals surface area contributed by atoms with Gasteiger partial charge in [0, 0.05) is 38.3 Å². The summed E-state index contributed by atoms with van der Waals surface area (Å²) in [6.07, 6.45) is 4.00. The molecule has 0 atom stereocenters. The standard InChI is InChI=1S/C15H17N3O3/c19-14-5-2-8-18(14)9-3-7-17-15(20)13-10-11-12(21-13)4-1-6-16-11/h1,4,6,10H,2-3,5,7-9H2,(H,17,20). The molecule has 110 valence electrons. The van der Waals surface area contributed by atoms with Gasteiger partial charge >= 0.3 is 0 Å². The molecule has 0 unspecified atom stereocenters. The van der Waals surface area contributed by atoms with E-state index in [4.69, 9.17) is 4.42 Å². The summed E-state index contributed by atoms with van der Waals surface area (Å²) < 4.78 is 5.44. The van der Waals surface area contributed by atoms with E-state index in [1.807, 2.05) is 4.90 Å². The fourth-order valence-corrected chi connectivity index (χ4v) is 2.48. The van der Waals surface area contributed by atoms with E-state index < -0.39 is 0 Å². The highest BCUT2D eigenvalue weighted by Crippen LogP contribution is 2.16. The molecule has 0 saturated carbocycles. The van der Waals surface area contributed by atoms with Gasteiger partial charge in [-0.2, -0.15) is 0 Å². The molecule has 0 radical (unpaired) electrons. The first kappa shape index (κ1) is 13.6. The fraction of sp³-hybridized carbons (Fsp3) is 0.400. The molecule has 1 N–H and O–H groups in total. The maximum absolute atomic E-state index is 12.0. The molecule has 6 nitrogen and oxygen atoms in total. The minimum absolute atomic E-state index is 0.213. The number of amides is 2. The van der Waals surface area contributed by atoms with Crippen LogP contribution in [0, 0.1) is 0 Å². The van der Waals surface area contributed by atoms with Crippen LogP contribution in [0.2, 0.25) is 0 Å². The van der Waals surface area contributed by atoms with Gasteiger partial charge in [0.2, 0.25) is 5.91 Å². The lowest BCUT2D eigenvalue weighted by Gasteiger charge is -2.14. The van der Waals surface area contributed by atoms with Crippen LogP contribution in [0.5, 0.6) is 0 Å². The second-order valence-corrected chi connectivity index (χ2v) is 5.09. The number of nitrogens with zero attached hydrogens (tertiary/aromatic N) is 2. The Hall–Kier alpha value is -2.37. The van der Waals surface area contributed by atoms with Crippen LogP contribution in [0.4, 0.5) is 0 Å². The lowest BCUT2D eigenvalue weighted by Crippen LogP contribution is -2.30. The molecule has 21 heavy (non-hydrogen) atoms. The van der Waals surface area contributed by atoms with Crippen molar-refractivity contribution >= 4 is 22.9 Å². The van der Waals surface area contributed by atoms with Crippen molar-refractivity contribution < 1.29 is 14.0 Å². The minimum atomic E-state index is -0.249. The zero-order valence-corrected chi connectivity index (χ0v) is 11.7. The average Bonchev–Trinajstić information content (AvgIpc) is 3.09. The second-order valence-electron chi connectivity index (χ2n) is 5.09. The van der Waals surface area contributed by atoms with Gasteiger partial charge in [-0.25, -0.2) is 0 Å². The first-order valence-electron chi connectivity index (χ1n) is 7.14. The third kappa shape index (κ3) is 3.04. The van der Waals surface area contributed by atoms with E-state index in [1.54, 1.807) is 24.4 Å². The molecule has 1 fully saturated rings. The molecule has 1 aliphatic heterocycles. The number of aromatic nitrogens is 1. The second kappa shape index (κ2) is 5.95. The summed E-state index contributed by atoms with van der Waals surface area (Å²) in [5.74, 6) is 0.228. The monoisotopic (exact) mass is 287 g/mol. The number of nitrogens with one attached hydrogen (secondary N) is 1. The summed E-state index contributed by atoms with van der Waals surface area (Å²) in [5, 5.41) is 2.80. The highest BCUT2D eigenvalue weighted by Gasteiger charge is 2.19. The van der Waals surface area contributed by atoms with Crippen molar-refractivity contribution in [3.63, 3.8) is 0 Å². The van der Waals surface area contributed by atoms with Gasteiger partial charge in [0.15, 0.2) is 11.3 Å². The van der Waals surface area contributed by atoms with Gasteiger partial charge in [0.1, 0.15) is 5.52 Å². The Morgan fingerprint density at radius 1 is 1.48 bits per heavy atom. The van der Waals surface area contributed by atoms with Gasteiger partial charge in [-0.3, -0.25) is 14.6 Å². The molecule has 0 spiro atoms. The van der Waals surface area contributed by atoms with E-state index in [1.165, 1.54) is 0 Å². The van der Waals surface area contributed by atoms with Gasteiger partial charge in [-0.1, -0.05) is 0 Å². The molecular weight excluding hydrogens is 270 g/mol. The number of hydrogen-bond donors (Lipinski definition) is 1. The number of furan rings is 1. The van der Waals surface area contributed by atoms with Gasteiger partial charge in [-0.15, -0.1) is 0 Å². The van der Waals surface area contributed by atoms with E-state index in [0.29, 0.717) is 30.6 Å². The first-order valence-corrected chi connectivity index (χ1v) is 7.14. The SMILES string of the molecule is O=C(NCCCN1CCCC1=O)c1cc2ncccc2o1. The van der Waals surface area contributed by atoms with E-state index in [-0.39, 0.29) is 17.6 Å². The van der Waals surface area contributed by atoms with Crippen LogP contribution >= 0.6 is 0 Å². The molecular formula is C15H17N3O3. The Labute approximate surface area is 122 Å². The van der Waals surface area contributed by atoms with Crippen LogP contribution < -0.4 is 5.32 Å². The van der Waals surface area contributed by atoms with Crippen molar-refractivity contribution in [2.75, 3.05) is 19.6 Å². The molecule has 3 heterocycles. The lowest BCUT2D eigenvalue weighted by molar-refractivity contribution is -0.127. The molecule has 3 rings (SSSR count). The van der Waals surface area contributed by atoms with Crippen LogP contribution in [-0.2, 0) is 4.79 Å². The highest BCUT2D eigenvalue weighted by atomic mass is 16.3. The molecule has 0 aliphatic carbocycles. The molecule has 2 amide bonds. The van der Waals surface area contributed by atoms with Crippen molar-refractivity contribution in [1.82, 2.24) is 15.2 Å². The summed E-state index contributed by atoms with van der Waals surface area (Å²) in [6, 6.07) is 5.17. The normalized spacial score (nSPS) is 14.9. The number of likely N-dealkylation sites (tertiary alicyclic amines) is 1. The molecule has 0 aromatic carbocycles. The molecule has 1 aliphatic rings. The summed E-state index contributed by atoms with van der Waals surface area (Å²) in [4.78, 5) is 29.4. The predicted molar refractivity (Wildman–Crippen MR) is 76.8 cm³/mol. The largest absolute Gasteiger partial charge is 0.449 e. The zero-order valence-electron chi connectivity index (χ0n) is 11.7. The number of fused-ring (bicyclic) bond motifs is 1. The Morgan fingerprint density at radius 3 is 3.14 bits per heavy atom. The van der Waals surface area contributed by atoms with E-state index in [0.717, 1.165) is 19.4 Å². The number of carbonyl (C=O) groups excluding carboxylic acids is 2. The Morgan fingerprint density at radius 2 is 2.38 bits per heavy atom. The topological polar surface area (TPSA) is 75.4 Å². The molecule has 6 heteroatoms. The third-order valence-electron chi connectivity index (χ3n) is 3.57. The van der Waals surface area contributed by atoms with Gasteiger partial charge in [-0.05, 0) is 25.0 Å². The first-order chi connectivity index (χ1) is 10.2. The third-order valence-corrected chi connectivity index (χ3v) is 3.57. The smallest absolute Gasteiger partial charge is 0.287 e. The maximum Gasteiger partial charge on any atom is 0.287 e. The van der Waals surface area contributed by atoms with Crippen molar-refractivity contribution in [3.05, 3.63) is 30.2 Å². The number of hydrogen-bond acceptors (Lipinski definition) is 4. The maximum atomic E-state index is 12.0. The van der Waals surface area contributed by atoms with Crippen LogP contribution in [0.1, 0.15) is 29.8 Å². The fourth-order valence-electron chi connectivity index (χ4n) is 2.48. The van der Waals surface area contributed by atoms with Crippen LogP contribution in [-0.4, -0.2) is 41.3 Å². The zero-order chi connectivity index (χ0) is 14.7. The van der Waals surface area contributed by atoms with E-state index in [2.05, 4.69) is 10.3 Å². The van der Waals surface area contributed by atoms with Gasteiger partial charge in [0.05, 0.1) is 0 Å². The quantitative estimate of drug-likeness (QED) is 0.847. The van der Waals surface area contributed by atoms with Crippen molar-refractivity contribution in [3.8, 4) is 0 Å². The summed E-state index contributed by atoms with van der Waals surface area (Å²) >= 11 is 0. The van der Waals surface area contributed by atoms with Crippen molar-refractivity contribution in [1.29, 1.82) is 0 Å². The van der Waals surface area contributed by atoms with E-state index >= 15 is 0 Å². The number of pyridine rings is 1. The molecule has 1 saturated heterocycles. The molecule has 2 aromatic heterocycles. The molecule has 0 bridgehead atoms. The Bertz CT molecular complexity index is 632. The van der Waals surface area contributed by atoms with Gasteiger partial charge in [0.25, 0.3) is 5.91 Å². The van der Waals surface area contributed by atoms with Crippen LogP contribution in [0.15, 0.2) is 28.8 Å². The minimum Gasteiger partial charge on any atom is -0.449 e. The summed E-state index contributed by atoms with van der Waals surface area (Å²) in [6.45, 7) is 2.05. The van der Waals surface area contributed by atoms with Crippen molar-refractivity contribution in [2.24, 2.45) is 0 Å². The van der Waals surface area contributed by atoms with Crippen LogP contribution in [0.25, 0.3) is 11.1 Å². The molecule has 2 aromatic rings. The van der Waals surface area contributed by atoms with Crippen LogP contribution in [0.3, 0.4) is 0 Å².